The summed E-state index contributed by atoms with van der Waals surface area (Å²) in [6.45, 7) is 5.23. The lowest BCUT2D eigenvalue weighted by Gasteiger charge is -2.28. The maximum Gasteiger partial charge on any atom is 0.416 e. The standard InChI is InChI=1S/C16H21F3N2O2/c1-10(2)14(21-15(22)13-9-20-6-7-23-13)11-4-3-5-12(8-11)16(17,18)19/h3-5,8,10,13-14,20H,6-7,9H2,1-2H3,(H,21,22). The van der Waals surface area contributed by atoms with E-state index in [9.17, 15) is 18.0 Å². The molecule has 1 aromatic carbocycles. The zero-order chi connectivity index (χ0) is 17.0. The van der Waals surface area contributed by atoms with E-state index in [-0.39, 0.29) is 11.8 Å². The molecule has 7 heteroatoms. The lowest BCUT2D eigenvalue weighted by Crippen LogP contribution is -2.49. The topological polar surface area (TPSA) is 50.4 Å². The van der Waals surface area contributed by atoms with Crippen molar-refractivity contribution in [3.05, 3.63) is 35.4 Å². The number of ether oxygens (including phenoxy) is 1. The third-order valence-electron chi connectivity index (χ3n) is 3.76. The van der Waals surface area contributed by atoms with Gasteiger partial charge in [0.15, 0.2) is 0 Å². The number of rotatable bonds is 4. The molecule has 1 heterocycles. The maximum absolute atomic E-state index is 12.9. The molecule has 1 aromatic rings. The van der Waals surface area contributed by atoms with E-state index in [1.54, 1.807) is 6.07 Å². The molecule has 1 aliphatic rings. The van der Waals surface area contributed by atoms with Crippen molar-refractivity contribution in [1.82, 2.24) is 10.6 Å². The van der Waals surface area contributed by atoms with Crippen LogP contribution in [0.5, 0.6) is 0 Å². The summed E-state index contributed by atoms with van der Waals surface area (Å²) in [5, 5.41) is 5.86. The first kappa shape index (κ1) is 17.7. The van der Waals surface area contributed by atoms with Crippen molar-refractivity contribution in [3.63, 3.8) is 0 Å². The number of carbonyl (C=O) groups excluding carboxylic acids is 1. The molecule has 4 nitrogen and oxygen atoms in total. The number of alkyl halides is 3. The van der Waals surface area contributed by atoms with Gasteiger partial charge in [0.2, 0.25) is 0 Å². The highest BCUT2D eigenvalue weighted by molar-refractivity contribution is 5.81. The van der Waals surface area contributed by atoms with Gasteiger partial charge in [0.05, 0.1) is 18.2 Å². The van der Waals surface area contributed by atoms with Gasteiger partial charge in [-0.05, 0) is 23.6 Å². The third-order valence-corrected chi connectivity index (χ3v) is 3.76. The van der Waals surface area contributed by atoms with Gasteiger partial charge >= 0.3 is 6.18 Å². The average molecular weight is 330 g/mol. The minimum Gasteiger partial charge on any atom is -0.366 e. The van der Waals surface area contributed by atoms with Crippen LogP contribution in [0.4, 0.5) is 13.2 Å². The summed E-state index contributed by atoms with van der Waals surface area (Å²) < 4.78 is 44.0. The third kappa shape index (κ3) is 4.68. The highest BCUT2D eigenvalue weighted by Crippen LogP contribution is 2.32. The van der Waals surface area contributed by atoms with Crippen LogP contribution in [0.3, 0.4) is 0 Å². The molecule has 2 rings (SSSR count). The molecule has 0 aliphatic carbocycles. The maximum atomic E-state index is 12.9. The Balaban J connectivity index is 2.16. The van der Waals surface area contributed by atoms with E-state index in [2.05, 4.69) is 10.6 Å². The second-order valence-corrected chi connectivity index (χ2v) is 5.92. The second-order valence-electron chi connectivity index (χ2n) is 5.92. The van der Waals surface area contributed by atoms with Crippen molar-refractivity contribution in [2.45, 2.75) is 32.2 Å². The smallest absolute Gasteiger partial charge is 0.366 e. The first-order valence-electron chi connectivity index (χ1n) is 7.59. The molecule has 1 saturated heterocycles. The molecule has 0 aromatic heterocycles. The number of carbonyl (C=O) groups is 1. The van der Waals surface area contributed by atoms with Crippen LogP contribution in [0.15, 0.2) is 24.3 Å². The number of halogens is 3. The van der Waals surface area contributed by atoms with Crippen LogP contribution in [0.2, 0.25) is 0 Å². The van der Waals surface area contributed by atoms with Crippen LogP contribution < -0.4 is 10.6 Å². The summed E-state index contributed by atoms with van der Waals surface area (Å²) in [4.78, 5) is 12.3. The molecule has 2 atom stereocenters. The predicted octanol–water partition coefficient (Wildman–Crippen LogP) is 2.51. The fourth-order valence-corrected chi connectivity index (χ4v) is 2.52. The number of morpholine rings is 1. The molecule has 23 heavy (non-hydrogen) atoms. The van der Waals surface area contributed by atoms with Gasteiger partial charge in [-0.25, -0.2) is 0 Å². The monoisotopic (exact) mass is 330 g/mol. The van der Waals surface area contributed by atoms with Gasteiger partial charge < -0.3 is 15.4 Å². The molecule has 0 radical (unpaired) electrons. The highest BCUT2D eigenvalue weighted by Gasteiger charge is 2.32. The van der Waals surface area contributed by atoms with Crippen LogP contribution in [0.25, 0.3) is 0 Å². The van der Waals surface area contributed by atoms with E-state index in [4.69, 9.17) is 4.74 Å². The summed E-state index contributed by atoms with van der Waals surface area (Å²) in [5.74, 6) is -0.368. The van der Waals surface area contributed by atoms with E-state index in [0.717, 1.165) is 12.1 Å². The van der Waals surface area contributed by atoms with E-state index in [1.165, 1.54) is 6.07 Å². The zero-order valence-corrected chi connectivity index (χ0v) is 13.1. The first-order valence-corrected chi connectivity index (χ1v) is 7.59. The van der Waals surface area contributed by atoms with Crippen molar-refractivity contribution in [1.29, 1.82) is 0 Å². The van der Waals surface area contributed by atoms with Gasteiger partial charge in [0, 0.05) is 13.1 Å². The molecular weight excluding hydrogens is 309 g/mol. The summed E-state index contributed by atoms with van der Waals surface area (Å²) in [5.41, 5.74) is -0.280. The number of hydrogen-bond donors (Lipinski definition) is 2. The van der Waals surface area contributed by atoms with Gasteiger partial charge in [-0.15, -0.1) is 0 Å². The van der Waals surface area contributed by atoms with E-state index in [0.29, 0.717) is 25.3 Å². The highest BCUT2D eigenvalue weighted by atomic mass is 19.4. The summed E-state index contributed by atoms with van der Waals surface area (Å²) in [7, 11) is 0. The van der Waals surface area contributed by atoms with Gasteiger partial charge in [0.1, 0.15) is 6.10 Å². The predicted molar refractivity (Wildman–Crippen MR) is 79.8 cm³/mol. The summed E-state index contributed by atoms with van der Waals surface area (Å²) in [6.07, 6.45) is -5.02. The second kappa shape index (κ2) is 7.31. The number of benzene rings is 1. The van der Waals surface area contributed by atoms with Crippen molar-refractivity contribution in [2.75, 3.05) is 19.7 Å². The first-order chi connectivity index (χ1) is 10.8. The van der Waals surface area contributed by atoms with E-state index < -0.39 is 23.9 Å². The molecule has 0 saturated carbocycles. The Morgan fingerprint density at radius 2 is 2.13 bits per heavy atom. The van der Waals surface area contributed by atoms with Gasteiger partial charge in [0.25, 0.3) is 5.91 Å². The Labute approximate surface area is 133 Å². The Morgan fingerprint density at radius 3 is 2.70 bits per heavy atom. The minimum absolute atomic E-state index is 0.0565. The zero-order valence-electron chi connectivity index (χ0n) is 13.1. The average Bonchev–Trinajstić information content (AvgIpc) is 2.52. The SMILES string of the molecule is CC(C)C(NC(=O)C1CNCCO1)c1cccc(C(F)(F)F)c1. The molecule has 0 spiro atoms. The van der Waals surface area contributed by atoms with Gasteiger partial charge in [-0.3, -0.25) is 4.79 Å². The Bertz CT molecular complexity index is 540. The van der Waals surface area contributed by atoms with Crippen LogP contribution in [-0.4, -0.2) is 31.7 Å². The lowest BCUT2D eigenvalue weighted by atomic mass is 9.94. The molecule has 2 N–H and O–H groups in total. The number of hydrogen-bond acceptors (Lipinski definition) is 3. The van der Waals surface area contributed by atoms with Crippen molar-refractivity contribution < 1.29 is 22.7 Å². The lowest BCUT2D eigenvalue weighted by molar-refractivity contribution is -0.137. The fraction of sp³-hybridized carbons (Fsp3) is 0.562. The van der Waals surface area contributed by atoms with E-state index in [1.807, 2.05) is 13.8 Å². The quantitative estimate of drug-likeness (QED) is 0.892. The summed E-state index contributed by atoms with van der Waals surface area (Å²) in [6, 6.07) is 4.57. The molecule has 1 fully saturated rings. The number of nitrogens with one attached hydrogen (secondary N) is 2. The van der Waals surface area contributed by atoms with Crippen LogP contribution in [-0.2, 0) is 15.7 Å². The van der Waals surface area contributed by atoms with Crippen molar-refractivity contribution in [3.8, 4) is 0 Å². The molecule has 1 amide bonds. The molecule has 2 unspecified atom stereocenters. The van der Waals surface area contributed by atoms with E-state index >= 15 is 0 Å². The molecule has 0 bridgehead atoms. The van der Waals surface area contributed by atoms with Gasteiger partial charge in [-0.1, -0.05) is 26.0 Å². The van der Waals surface area contributed by atoms with Crippen LogP contribution in [0, 0.1) is 5.92 Å². The van der Waals surface area contributed by atoms with Crippen molar-refractivity contribution >= 4 is 5.91 Å². The Morgan fingerprint density at radius 1 is 1.39 bits per heavy atom. The Kier molecular flexibility index (Phi) is 5.64. The van der Waals surface area contributed by atoms with Crippen molar-refractivity contribution in [2.24, 2.45) is 5.92 Å². The van der Waals surface area contributed by atoms with Crippen LogP contribution >= 0.6 is 0 Å². The molecule has 128 valence electrons. The largest absolute Gasteiger partial charge is 0.416 e. The molecule has 1 aliphatic heterocycles. The normalized spacial score (nSPS) is 20.3. The molecular formula is C16H21F3N2O2. The fourth-order valence-electron chi connectivity index (χ4n) is 2.52. The number of amides is 1. The van der Waals surface area contributed by atoms with Crippen LogP contribution in [0.1, 0.15) is 31.0 Å². The Hall–Kier alpha value is -1.60. The minimum atomic E-state index is -4.40. The van der Waals surface area contributed by atoms with Gasteiger partial charge in [-0.2, -0.15) is 13.2 Å². The summed E-state index contributed by atoms with van der Waals surface area (Å²) >= 11 is 0.